The molecule has 0 fully saturated rings. The molecule has 6 aromatic heterocycles. The molecule has 0 amide bonds. The van der Waals surface area contributed by atoms with Crippen molar-refractivity contribution in [2.75, 3.05) is 0 Å². The molecule has 0 aliphatic heterocycles. The minimum absolute atomic E-state index is 0. The average Bonchev–Trinajstić information content (AvgIpc) is 1.67. The molecule has 9 aromatic carbocycles. The van der Waals surface area contributed by atoms with Crippen LogP contribution in [0, 0.1) is 32.8 Å². The fourth-order valence-electron chi connectivity index (χ4n) is 10.2. The molecule has 0 aliphatic rings. The normalized spacial score (nSPS) is 12.2. The molecule has 79 heavy (non-hydrogen) atoms. The van der Waals surface area contributed by atoms with Gasteiger partial charge in [-0.25, -0.2) is 4.98 Å². The zero-order chi connectivity index (χ0) is 56.8. The van der Waals surface area contributed by atoms with Crippen LogP contribution in [0.3, 0.4) is 0 Å². The molecule has 0 atom stereocenters. The summed E-state index contributed by atoms with van der Waals surface area (Å²) in [6, 6.07) is 79.8. The minimum Gasteiger partial charge on any atom is -0.501 e. The number of nitrogens with zero attached hydrogens (tertiary/aromatic N) is 7. The third-order valence-corrected chi connectivity index (χ3v) is 13.8. The Morgan fingerprint density at radius 2 is 1.04 bits per heavy atom. The Bertz CT molecular complexity index is 4840. The molecule has 0 unspecified atom stereocenters. The zero-order valence-electron chi connectivity index (χ0n) is 47.8. The van der Waals surface area contributed by atoms with E-state index in [1.165, 1.54) is 23.0 Å². The summed E-state index contributed by atoms with van der Waals surface area (Å²) in [5.41, 5.74) is 13.6. The number of aromatic nitrogens is 7. The molecule has 1 radical (unpaired) electrons. The molecule has 0 aliphatic carbocycles. The van der Waals surface area contributed by atoms with E-state index >= 15 is 0 Å². The maximum atomic E-state index is 7.80. The molecule has 15 rings (SSSR count). The van der Waals surface area contributed by atoms with Crippen molar-refractivity contribution >= 4 is 65.6 Å². The number of furan rings is 1. The molecule has 0 saturated heterocycles. The van der Waals surface area contributed by atoms with Gasteiger partial charge in [0.2, 0.25) is 5.95 Å². The SMILES string of the molecule is [2H]c1cnc(-c2[c-]ccc3c2oc2cc(C)ccc23)cc1C([2H])([2H])[2H].[2H]c1cnc(-c2[c-]cccc2)cc1C.[Ir].c1ccc(-c2nc(-c3ccccc3)nc(-n3c4ccccc4c4ccc5c6ccccc6n(-c6ccccc6)c5c43)n2)cc1. The van der Waals surface area contributed by atoms with Gasteiger partial charge in [-0.3, -0.25) is 4.57 Å². The topological polar surface area (TPSA) is 87.5 Å². The van der Waals surface area contributed by atoms with E-state index in [0.717, 1.165) is 88.4 Å². The third-order valence-electron chi connectivity index (χ3n) is 13.8. The Kier molecular flexibility index (Phi) is 12.2. The first-order valence-electron chi connectivity index (χ1n) is 28.1. The molecule has 0 bridgehead atoms. The predicted molar refractivity (Wildman–Crippen MR) is 318 cm³/mol. The average molecular weight is 1200 g/mol. The Labute approximate surface area is 477 Å². The van der Waals surface area contributed by atoms with E-state index in [-0.39, 0.29) is 31.7 Å². The maximum absolute atomic E-state index is 7.80. The van der Waals surface area contributed by atoms with Crippen LogP contribution in [0.2, 0.25) is 0 Å². The van der Waals surface area contributed by atoms with Gasteiger partial charge in [0, 0.05) is 80.4 Å². The van der Waals surface area contributed by atoms with E-state index in [1.54, 1.807) is 12.3 Å². The molecule has 0 spiro atoms. The first-order chi connectivity index (χ1) is 40.5. The second kappa shape index (κ2) is 21.8. The van der Waals surface area contributed by atoms with Gasteiger partial charge >= 0.3 is 0 Å². The van der Waals surface area contributed by atoms with Crippen LogP contribution in [0.15, 0.2) is 247 Å². The molecule has 9 heteroatoms. The molecule has 381 valence electrons. The van der Waals surface area contributed by atoms with Crippen LogP contribution in [-0.4, -0.2) is 34.1 Å². The Morgan fingerprint density at radius 3 is 1.70 bits per heavy atom. The standard InChI is InChI=1S/C39H25N5.C19H14NO.C12H10N.Ir/c1-4-14-26(15-5-1)37-40-38(27-16-6-2-7-17-27)42-39(41-37)44-34-23-13-11-21-30(34)32-25-24-31-29-20-10-12-22-33(29)43(35(31)36(32)44)28-18-8-3-9-19-28;1-12-6-7-14-15-4-3-5-16(19(15)21-18(14)11-12)17-10-13(2)8-9-20-17;1-10-7-8-13-12(9-10)11-5-3-2-4-6-11;/h1-25H;3-4,6-11H,1-2H3;2-5,7-9H,1H3;/q;2*-1;/i;2D3,8D;7D;. The molecule has 6 heterocycles. The molecule has 0 saturated carbocycles. The molecule has 15 aromatic rings. The number of hydrogen-bond acceptors (Lipinski definition) is 6. The second-order valence-electron chi connectivity index (χ2n) is 18.8. The number of rotatable bonds is 6. The quantitative estimate of drug-likeness (QED) is 0.154. The van der Waals surface area contributed by atoms with Crippen molar-refractivity contribution in [3.05, 3.63) is 272 Å². The number of benzene rings is 9. The fourth-order valence-corrected chi connectivity index (χ4v) is 10.2. The summed E-state index contributed by atoms with van der Waals surface area (Å²) in [6.07, 6.45) is 2.84. The van der Waals surface area contributed by atoms with E-state index in [1.807, 2.05) is 129 Å². The van der Waals surface area contributed by atoms with E-state index in [0.29, 0.717) is 40.5 Å². The van der Waals surface area contributed by atoms with Gasteiger partial charge in [0.15, 0.2) is 11.6 Å². The molecule has 8 nitrogen and oxygen atoms in total. The summed E-state index contributed by atoms with van der Waals surface area (Å²) in [7, 11) is 0. The van der Waals surface area contributed by atoms with Gasteiger partial charge in [0.25, 0.3) is 0 Å². The second-order valence-corrected chi connectivity index (χ2v) is 18.8. The zero-order valence-corrected chi connectivity index (χ0v) is 45.2. The Hall–Kier alpha value is -9.66. The van der Waals surface area contributed by atoms with Crippen molar-refractivity contribution in [2.24, 2.45) is 0 Å². The molecular weight excluding hydrogens is 1150 g/mol. The summed E-state index contributed by atoms with van der Waals surface area (Å²) in [4.78, 5) is 23.7. The summed E-state index contributed by atoms with van der Waals surface area (Å²) >= 11 is 0. The number of aryl methyl sites for hydroxylation is 3. The van der Waals surface area contributed by atoms with Crippen LogP contribution in [-0.2, 0) is 20.1 Å². The summed E-state index contributed by atoms with van der Waals surface area (Å²) < 4.78 is 48.7. The van der Waals surface area contributed by atoms with E-state index < -0.39 is 6.85 Å². The Balaban J connectivity index is 0.000000145. The van der Waals surface area contributed by atoms with Crippen LogP contribution >= 0.6 is 0 Å². The van der Waals surface area contributed by atoms with Crippen molar-refractivity contribution in [3.8, 4) is 56.9 Å². The number of para-hydroxylation sites is 3. The fraction of sp³-hybridized carbons (Fsp3) is 0.0429. The van der Waals surface area contributed by atoms with Gasteiger partial charge in [0.1, 0.15) is 5.58 Å². The van der Waals surface area contributed by atoms with Crippen LogP contribution in [0.4, 0.5) is 0 Å². The van der Waals surface area contributed by atoms with Crippen molar-refractivity contribution in [1.29, 1.82) is 0 Å². The van der Waals surface area contributed by atoms with Crippen LogP contribution in [0.1, 0.15) is 23.5 Å². The third kappa shape index (κ3) is 9.67. The van der Waals surface area contributed by atoms with E-state index in [2.05, 4.69) is 122 Å². The van der Waals surface area contributed by atoms with Crippen LogP contribution in [0.5, 0.6) is 0 Å². The Morgan fingerprint density at radius 1 is 0.468 bits per heavy atom. The van der Waals surface area contributed by atoms with Gasteiger partial charge in [-0.05, 0) is 80.1 Å². The van der Waals surface area contributed by atoms with Crippen molar-refractivity contribution in [2.45, 2.75) is 20.7 Å². The van der Waals surface area contributed by atoms with E-state index in [4.69, 9.17) is 26.2 Å². The number of pyridine rings is 2. The van der Waals surface area contributed by atoms with Crippen molar-refractivity contribution < 1.29 is 31.4 Å². The van der Waals surface area contributed by atoms with E-state index in [9.17, 15) is 0 Å². The summed E-state index contributed by atoms with van der Waals surface area (Å²) in [6.45, 7) is 1.54. The first-order valence-corrected chi connectivity index (χ1v) is 25.6. The summed E-state index contributed by atoms with van der Waals surface area (Å²) in [5, 5.41) is 6.60. The van der Waals surface area contributed by atoms with Gasteiger partial charge in [-0.2, -0.15) is 9.97 Å². The number of fused-ring (bicyclic) bond motifs is 10. The minimum atomic E-state index is -2.37. The van der Waals surface area contributed by atoms with Gasteiger partial charge in [0.05, 0.1) is 30.4 Å². The largest absolute Gasteiger partial charge is 0.501 e. The van der Waals surface area contributed by atoms with Crippen molar-refractivity contribution in [3.63, 3.8) is 0 Å². The summed E-state index contributed by atoms with van der Waals surface area (Å²) in [5.74, 6) is 1.86. The van der Waals surface area contributed by atoms with Gasteiger partial charge < -0.3 is 19.0 Å². The van der Waals surface area contributed by atoms with Gasteiger partial charge in [-0.15, -0.1) is 54.1 Å². The monoisotopic (exact) mass is 1200 g/mol. The first kappa shape index (κ1) is 44.5. The smallest absolute Gasteiger partial charge is 0.238 e. The van der Waals surface area contributed by atoms with Crippen molar-refractivity contribution in [1.82, 2.24) is 34.1 Å². The predicted octanol–water partition coefficient (Wildman–Crippen LogP) is 17.3. The molecular formula is C70H49IrN7O-2. The maximum Gasteiger partial charge on any atom is 0.238 e. The van der Waals surface area contributed by atoms with Crippen LogP contribution in [0.25, 0.3) is 122 Å². The van der Waals surface area contributed by atoms with Crippen LogP contribution < -0.4 is 0 Å². The number of hydrogen-bond donors (Lipinski definition) is 0. The molecule has 0 N–H and O–H groups in total. The van der Waals surface area contributed by atoms with Gasteiger partial charge in [-0.1, -0.05) is 174 Å².